The molecule has 6 atom stereocenters. The molecule has 4 aromatic rings. The number of nitrogens with zero attached hydrogens (tertiary/aromatic N) is 2. The summed E-state index contributed by atoms with van der Waals surface area (Å²) in [4.78, 5) is 59.9. The highest BCUT2D eigenvalue weighted by atomic mass is 79.9. The van der Waals surface area contributed by atoms with Gasteiger partial charge in [-0.15, -0.1) is 0 Å². The lowest BCUT2D eigenvalue weighted by Gasteiger charge is -2.50. The van der Waals surface area contributed by atoms with E-state index in [0.29, 0.717) is 20.6 Å². The van der Waals surface area contributed by atoms with Crippen LogP contribution in [0.5, 0.6) is 11.5 Å². The first-order chi connectivity index (χ1) is 25.9. The number of methoxy groups -OCH3 is 1. The Hall–Kier alpha value is -5.02. The maximum Gasteiger partial charge on any atom is 0.488 e. The van der Waals surface area contributed by atoms with Crippen molar-refractivity contribution in [1.29, 1.82) is 0 Å². The van der Waals surface area contributed by atoms with Gasteiger partial charge < -0.3 is 19.9 Å². The van der Waals surface area contributed by atoms with Crippen molar-refractivity contribution in [2.24, 2.45) is 23.7 Å². The Labute approximate surface area is 322 Å². The van der Waals surface area contributed by atoms with E-state index < -0.39 is 71.6 Å². The number of anilines is 2. The summed E-state index contributed by atoms with van der Waals surface area (Å²) < 4.78 is 20.0. The second-order valence-electron chi connectivity index (χ2n) is 13.9. The SMILES string of the molecule is COc1cc(Br)cc([C@H]2C3=CC[C@@H]4C(=O)N(c5cccc(B(O)O)c5)C(=O)[C@@H]4[C@@H]3C[C@H]3C(=O)N(Nc4ccc(F)cc4)C(=O)[C@@]23c2ccc(Cl)cc2)c1O. The average molecular weight is 815 g/mol. The molecule has 2 aliphatic heterocycles. The van der Waals surface area contributed by atoms with E-state index in [0.717, 1.165) is 9.91 Å². The Morgan fingerprint density at radius 2 is 1.67 bits per heavy atom. The number of nitrogens with one attached hydrogen (secondary N) is 1. The number of amides is 4. The number of ether oxygens (including phenoxy) is 1. The molecule has 0 spiro atoms. The van der Waals surface area contributed by atoms with E-state index >= 15 is 4.79 Å². The van der Waals surface area contributed by atoms with Crippen LogP contribution in [0.15, 0.2) is 101 Å². The van der Waals surface area contributed by atoms with E-state index in [4.69, 9.17) is 16.3 Å². The first kappa shape index (κ1) is 36.0. The molecule has 8 rings (SSSR count). The maximum absolute atomic E-state index is 15.3. The van der Waals surface area contributed by atoms with E-state index in [1.54, 1.807) is 36.4 Å². The summed E-state index contributed by atoms with van der Waals surface area (Å²) in [7, 11) is -0.446. The van der Waals surface area contributed by atoms with Crippen LogP contribution >= 0.6 is 27.5 Å². The number of imide groups is 2. The van der Waals surface area contributed by atoms with Crippen LogP contribution in [0, 0.1) is 29.5 Å². The lowest BCUT2D eigenvalue weighted by Crippen LogP contribution is -2.53. The van der Waals surface area contributed by atoms with Gasteiger partial charge >= 0.3 is 7.12 Å². The fourth-order valence-electron chi connectivity index (χ4n) is 9.05. The molecule has 4 aromatic carbocycles. The van der Waals surface area contributed by atoms with Crippen molar-refractivity contribution < 1.29 is 43.5 Å². The van der Waals surface area contributed by atoms with Gasteiger partial charge in [0, 0.05) is 21.0 Å². The normalized spacial score (nSPS) is 26.0. The Morgan fingerprint density at radius 1 is 0.944 bits per heavy atom. The second-order valence-corrected chi connectivity index (χ2v) is 15.3. The number of hydrogen-bond acceptors (Lipinski definition) is 9. The van der Waals surface area contributed by atoms with Crippen LogP contribution in [0.2, 0.25) is 5.02 Å². The maximum atomic E-state index is 15.3. The standard InChI is InChI=1S/C39H31BBrClFN3O8/c1-54-31-17-21(41)16-29(34(31)47)33-26-13-14-27-32(37(50)45(35(27)48)25-4-2-3-20(15-25)40(52)53)28(26)18-30-36(49)46(44-24-11-9-23(43)10-12-24)38(51)39(30,33)19-5-7-22(42)8-6-19/h2-13,15-17,27-28,30,32-33,44,47,52-53H,14,18H2,1H3/t27-,28+,30-,32-,33+,39+/m0/s1. The number of phenols is 1. The number of allylic oxidation sites excluding steroid dienone is 2. The van der Waals surface area contributed by atoms with Gasteiger partial charge in [-0.2, -0.15) is 5.01 Å². The zero-order valence-corrected chi connectivity index (χ0v) is 30.8. The molecule has 4 amide bonds. The third-order valence-electron chi connectivity index (χ3n) is 11.3. The quantitative estimate of drug-likeness (QED) is 0.117. The molecule has 0 bridgehead atoms. The molecule has 4 aliphatic rings. The molecular formula is C39H31BBrClFN3O8. The largest absolute Gasteiger partial charge is 0.504 e. The minimum atomic E-state index is -1.83. The van der Waals surface area contributed by atoms with Crippen LogP contribution in [0.3, 0.4) is 0 Å². The van der Waals surface area contributed by atoms with Crippen LogP contribution in [0.4, 0.5) is 15.8 Å². The van der Waals surface area contributed by atoms with E-state index in [1.807, 2.05) is 6.08 Å². The molecule has 54 heavy (non-hydrogen) atoms. The molecule has 0 unspecified atom stereocenters. The Balaban J connectivity index is 1.34. The Kier molecular flexibility index (Phi) is 8.92. The number of halogens is 3. The van der Waals surface area contributed by atoms with Crippen LogP contribution in [-0.2, 0) is 24.6 Å². The van der Waals surface area contributed by atoms with Crippen LogP contribution in [-0.4, -0.2) is 58.0 Å². The van der Waals surface area contributed by atoms with Crippen molar-refractivity contribution in [2.75, 3.05) is 17.4 Å². The Bertz CT molecular complexity index is 2270. The number of benzene rings is 4. The van der Waals surface area contributed by atoms with Crippen molar-refractivity contribution in [3.8, 4) is 11.5 Å². The highest BCUT2D eigenvalue weighted by Crippen LogP contribution is 2.65. The summed E-state index contributed by atoms with van der Waals surface area (Å²) in [6.45, 7) is 0. The minimum Gasteiger partial charge on any atom is -0.504 e. The van der Waals surface area contributed by atoms with E-state index in [9.17, 15) is 33.9 Å². The van der Waals surface area contributed by atoms with E-state index in [2.05, 4.69) is 21.4 Å². The number of rotatable bonds is 7. The molecule has 2 aliphatic carbocycles. The first-order valence-electron chi connectivity index (χ1n) is 17.1. The van der Waals surface area contributed by atoms with Gasteiger partial charge in [0.1, 0.15) is 5.82 Å². The summed E-state index contributed by atoms with van der Waals surface area (Å²) in [6.07, 6.45) is 1.93. The lowest BCUT2D eigenvalue weighted by atomic mass is 9.49. The summed E-state index contributed by atoms with van der Waals surface area (Å²) >= 11 is 9.88. The molecule has 11 nitrogen and oxygen atoms in total. The third kappa shape index (κ3) is 5.37. The van der Waals surface area contributed by atoms with Crippen molar-refractivity contribution in [3.05, 3.63) is 123 Å². The topological polar surface area (TPSA) is 157 Å². The minimum absolute atomic E-state index is 0.0214. The van der Waals surface area contributed by atoms with E-state index in [-0.39, 0.29) is 46.7 Å². The number of carbonyl (C=O) groups excluding carboxylic acids is 4. The molecule has 0 radical (unpaired) electrons. The summed E-state index contributed by atoms with van der Waals surface area (Å²) in [5.74, 6) is -7.70. The number of fused-ring (bicyclic) bond motifs is 4. The second kappa shape index (κ2) is 13.4. The first-order valence-corrected chi connectivity index (χ1v) is 18.3. The van der Waals surface area contributed by atoms with E-state index in [1.165, 1.54) is 55.6 Å². The summed E-state index contributed by atoms with van der Waals surface area (Å²) in [5, 5.41) is 32.8. The lowest BCUT2D eigenvalue weighted by molar-refractivity contribution is -0.138. The summed E-state index contributed by atoms with van der Waals surface area (Å²) in [5.41, 5.74) is 2.97. The van der Waals surface area contributed by atoms with Crippen molar-refractivity contribution in [3.63, 3.8) is 0 Å². The third-order valence-corrected chi connectivity index (χ3v) is 12.0. The Morgan fingerprint density at radius 3 is 2.35 bits per heavy atom. The highest BCUT2D eigenvalue weighted by molar-refractivity contribution is 9.10. The van der Waals surface area contributed by atoms with Gasteiger partial charge in [0.15, 0.2) is 11.5 Å². The molecular weight excluding hydrogens is 784 g/mol. The van der Waals surface area contributed by atoms with Gasteiger partial charge in [0.05, 0.1) is 41.7 Å². The van der Waals surface area contributed by atoms with Gasteiger partial charge in [0.25, 0.3) is 11.8 Å². The van der Waals surface area contributed by atoms with Crippen molar-refractivity contribution in [1.82, 2.24) is 5.01 Å². The zero-order chi connectivity index (χ0) is 38.2. The van der Waals surface area contributed by atoms with Gasteiger partial charge in [-0.3, -0.25) is 29.5 Å². The fraction of sp³-hybridized carbons (Fsp3) is 0.231. The number of hydrazine groups is 1. The monoisotopic (exact) mass is 813 g/mol. The molecule has 3 fully saturated rings. The number of phenolic OH excluding ortho intramolecular Hbond substituents is 1. The van der Waals surface area contributed by atoms with Crippen LogP contribution in [0.1, 0.15) is 29.9 Å². The summed E-state index contributed by atoms with van der Waals surface area (Å²) in [6, 6.07) is 20.8. The molecule has 274 valence electrons. The van der Waals surface area contributed by atoms with Crippen molar-refractivity contribution in [2.45, 2.75) is 24.2 Å². The number of hydrogen-bond donors (Lipinski definition) is 4. The van der Waals surface area contributed by atoms with Gasteiger partial charge in [0.2, 0.25) is 11.8 Å². The van der Waals surface area contributed by atoms with Gasteiger partial charge in [-0.1, -0.05) is 63.4 Å². The predicted octanol–water partition coefficient (Wildman–Crippen LogP) is 4.83. The number of aromatic hydroxyl groups is 1. The van der Waals surface area contributed by atoms with Crippen LogP contribution in [0.25, 0.3) is 0 Å². The molecule has 1 saturated carbocycles. The van der Waals surface area contributed by atoms with Gasteiger partial charge in [-0.25, -0.2) is 4.39 Å². The molecule has 15 heteroatoms. The zero-order valence-electron chi connectivity index (χ0n) is 28.4. The predicted molar refractivity (Wildman–Crippen MR) is 200 cm³/mol. The average Bonchev–Trinajstić information content (AvgIpc) is 3.54. The molecule has 4 N–H and O–H groups in total. The van der Waals surface area contributed by atoms with Gasteiger partial charge in [-0.05, 0) is 90.4 Å². The molecule has 2 heterocycles. The van der Waals surface area contributed by atoms with Crippen LogP contribution < -0.4 is 20.5 Å². The number of carbonyl (C=O) groups is 4. The highest BCUT2D eigenvalue weighted by Gasteiger charge is 2.70. The molecule has 0 aromatic heterocycles. The molecule has 2 saturated heterocycles. The van der Waals surface area contributed by atoms with Crippen molar-refractivity contribution >= 4 is 75.1 Å². The smallest absolute Gasteiger partial charge is 0.488 e. The fourth-order valence-corrected chi connectivity index (χ4v) is 9.63.